The number of benzene rings is 2. The molecule has 3 aromatic rings. The van der Waals surface area contributed by atoms with E-state index >= 15 is 0 Å². The van der Waals surface area contributed by atoms with Crippen molar-refractivity contribution in [3.05, 3.63) is 52.8 Å². The fraction of sp³-hybridized carbons (Fsp3) is 0.125. The maximum Gasteiger partial charge on any atom is 0.336 e. The Hall–Kier alpha value is -2.69. The summed E-state index contributed by atoms with van der Waals surface area (Å²) in [6.45, 7) is 3.57. The van der Waals surface area contributed by atoms with Crippen molar-refractivity contribution in [2.75, 3.05) is 0 Å². The first-order valence-electron chi connectivity index (χ1n) is 6.46. The number of hydrogen-bond donors (Lipinski definition) is 2. The Balaban J connectivity index is 2.32. The predicted molar refractivity (Wildman–Crippen MR) is 77.9 cm³/mol. The van der Waals surface area contributed by atoms with Gasteiger partial charge in [0.25, 0.3) is 0 Å². The van der Waals surface area contributed by atoms with Crippen LogP contribution in [0.25, 0.3) is 22.4 Å². The molecule has 0 unspecified atom stereocenters. The number of nitrogens with zero attached hydrogens (tertiary/aromatic N) is 1. The molecule has 0 saturated heterocycles. The number of rotatable bonds is 2. The second kappa shape index (κ2) is 4.70. The van der Waals surface area contributed by atoms with Crippen LogP contribution in [-0.2, 0) is 0 Å². The number of aryl methyl sites for hydroxylation is 2. The lowest BCUT2D eigenvalue weighted by atomic mass is 9.97. The van der Waals surface area contributed by atoms with E-state index in [2.05, 4.69) is 9.97 Å². The van der Waals surface area contributed by atoms with Gasteiger partial charge in [-0.05, 0) is 43.2 Å². The summed E-state index contributed by atoms with van der Waals surface area (Å²) in [6.07, 6.45) is 0. The summed E-state index contributed by atoms with van der Waals surface area (Å²) in [4.78, 5) is 18.9. The van der Waals surface area contributed by atoms with Gasteiger partial charge in [-0.3, -0.25) is 0 Å². The van der Waals surface area contributed by atoms with Gasteiger partial charge < -0.3 is 10.1 Å². The van der Waals surface area contributed by atoms with Gasteiger partial charge in [-0.25, -0.2) is 14.2 Å². The highest BCUT2D eigenvalue weighted by Gasteiger charge is 2.19. The first kappa shape index (κ1) is 13.3. The van der Waals surface area contributed by atoms with E-state index in [1.54, 1.807) is 19.1 Å². The number of carboxylic acids is 1. The molecule has 0 aliphatic rings. The van der Waals surface area contributed by atoms with E-state index < -0.39 is 5.97 Å². The molecule has 0 amide bonds. The van der Waals surface area contributed by atoms with Crippen LogP contribution >= 0.6 is 0 Å². The molecule has 0 bridgehead atoms. The number of hydrogen-bond acceptors (Lipinski definition) is 2. The number of imidazole rings is 1. The number of fused-ring (bicyclic) bond motifs is 1. The molecule has 3 rings (SSSR count). The molecule has 2 N–H and O–H groups in total. The van der Waals surface area contributed by atoms with Crippen LogP contribution in [-0.4, -0.2) is 21.0 Å². The van der Waals surface area contributed by atoms with Crippen molar-refractivity contribution < 1.29 is 14.3 Å². The minimum atomic E-state index is -1.00. The third-order valence-corrected chi connectivity index (χ3v) is 3.52. The van der Waals surface area contributed by atoms with Gasteiger partial charge >= 0.3 is 5.97 Å². The lowest BCUT2D eigenvalue weighted by Crippen LogP contribution is -2.05. The minimum absolute atomic E-state index is 0.217. The van der Waals surface area contributed by atoms with E-state index in [9.17, 15) is 14.3 Å². The second-order valence-corrected chi connectivity index (χ2v) is 5.00. The van der Waals surface area contributed by atoms with Gasteiger partial charge in [0.2, 0.25) is 0 Å². The van der Waals surface area contributed by atoms with Crippen LogP contribution in [0.4, 0.5) is 4.39 Å². The zero-order valence-electron chi connectivity index (χ0n) is 11.6. The Morgan fingerprint density at radius 1 is 1.19 bits per heavy atom. The van der Waals surface area contributed by atoms with E-state index in [0.717, 1.165) is 5.56 Å². The molecular formula is C16H13FN2O2. The highest BCUT2D eigenvalue weighted by Crippen LogP contribution is 2.29. The fourth-order valence-corrected chi connectivity index (χ4v) is 2.49. The highest BCUT2D eigenvalue weighted by molar-refractivity contribution is 5.98. The summed E-state index contributed by atoms with van der Waals surface area (Å²) < 4.78 is 13.3. The van der Waals surface area contributed by atoms with Crippen molar-refractivity contribution in [2.24, 2.45) is 0 Å². The maximum atomic E-state index is 13.3. The number of nitrogens with one attached hydrogen (secondary N) is 1. The molecule has 0 spiro atoms. The second-order valence-electron chi connectivity index (χ2n) is 5.00. The van der Waals surface area contributed by atoms with Gasteiger partial charge in [-0.15, -0.1) is 0 Å². The Kier molecular flexibility index (Phi) is 2.97. The lowest BCUT2D eigenvalue weighted by Gasteiger charge is -2.10. The monoisotopic (exact) mass is 284 g/mol. The van der Waals surface area contributed by atoms with Gasteiger partial charge in [0.05, 0.1) is 16.6 Å². The third-order valence-electron chi connectivity index (χ3n) is 3.52. The van der Waals surface area contributed by atoms with Crippen molar-refractivity contribution in [1.29, 1.82) is 0 Å². The summed E-state index contributed by atoms with van der Waals surface area (Å²) in [5, 5.41) is 9.45. The molecule has 21 heavy (non-hydrogen) atoms. The summed E-state index contributed by atoms with van der Waals surface area (Å²) in [7, 11) is 0. The Bertz CT molecular complexity index is 868. The number of aromatic amines is 1. The van der Waals surface area contributed by atoms with E-state index in [1.807, 2.05) is 13.0 Å². The molecule has 0 radical (unpaired) electrons. The van der Waals surface area contributed by atoms with Crippen LogP contribution in [0.3, 0.4) is 0 Å². The molecule has 0 atom stereocenters. The van der Waals surface area contributed by atoms with Crippen molar-refractivity contribution >= 4 is 17.0 Å². The third kappa shape index (κ3) is 2.16. The van der Waals surface area contributed by atoms with E-state index in [0.29, 0.717) is 28.0 Å². The fourth-order valence-electron chi connectivity index (χ4n) is 2.49. The average molecular weight is 284 g/mol. The maximum absolute atomic E-state index is 13.3. The molecule has 0 aliphatic carbocycles. The SMILES string of the molecule is Cc1ccc(C)c(-c2nc3ccc(F)cc3[nH]2)c1C(=O)O. The molecule has 0 aliphatic heterocycles. The topological polar surface area (TPSA) is 66.0 Å². The van der Waals surface area contributed by atoms with Gasteiger partial charge in [0, 0.05) is 5.56 Å². The smallest absolute Gasteiger partial charge is 0.336 e. The molecular weight excluding hydrogens is 271 g/mol. The number of aromatic carboxylic acids is 1. The van der Waals surface area contributed by atoms with Crippen molar-refractivity contribution in [3.63, 3.8) is 0 Å². The van der Waals surface area contributed by atoms with Gasteiger partial charge in [0.1, 0.15) is 11.6 Å². The van der Waals surface area contributed by atoms with Gasteiger partial charge in [-0.1, -0.05) is 12.1 Å². The lowest BCUT2D eigenvalue weighted by molar-refractivity contribution is 0.0697. The average Bonchev–Trinajstić information content (AvgIpc) is 2.83. The molecule has 0 saturated carbocycles. The summed E-state index contributed by atoms with van der Waals surface area (Å²) in [5.41, 5.74) is 3.37. The van der Waals surface area contributed by atoms with Crippen LogP contribution in [0.5, 0.6) is 0 Å². The minimum Gasteiger partial charge on any atom is -0.478 e. The standard InChI is InChI=1S/C16H13FN2O2/c1-8-3-4-9(2)14(16(20)21)13(8)15-18-11-6-5-10(17)7-12(11)19-15/h3-7H,1-2H3,(H,18,19)(H,20,21). The largest absolute Gasteiger partial charge is 0.478 e. The number of H-pyrrole nitrogens is 1. The summed E-state index contributed by atoms with van der Waals surface area (Å²) >= 11 is 0. The van der Waals surface area contributed by atoms with Crippen molar-refractivity contribution in [1.82, 2.24) is 9.97 Å². The molecule has 1 heterocycles. The van der Waals surface area contributed by atoms with E-state index in [1.165, 1.54) is 12.1 Å². The van der Waals surface area contributed by atoms with Crippen LogP contribution in [0, 0.1) is 19.7 Å². The molecule has 106 valence electrons. The van der Waals surface area contributed by atoms with Crippen molar-refractivity contribution in [2.45, 2.75) is 13.8 Å². The number of halogens is 1. The van der Waals surface area contributed by atoms with E-state index in [-0.39, 0.29) is 11.4 Å². The van der Waals surface area contributed by atoms with Crippen LogP contribution in [0.15, 0.2) is 30.3 Å². The molecule has 1 aromatic heterocycles. The number of aromatic nitrogens is 2. The number of carboxylic acid groups (broad SMARTS) is 1. The zero-order valence-corrected chi connectivity index (χ0v) is 11.6. The van der Waals surface area contributed by atoms with Crippen LogP contribution in [0.2, 0.25) is 0 Å². The normalized spacial score (nSPS) is 11.0. The van der Waals surface area contributed by atoms with Gasteiger partial charge in [0.15, 0.2) is 0 Å². The Labute approximate surface area is 120 Å². The van der Waals surface area contributed by atoms with E-state index in [4.69, 9.17) is 0 Å². The molecule has 0 fully saturated rings. The first-order chi connectivity index (χ1) is 9.97. The number of carbonyl (C=O) groups is 1. The van der Waals surface area contributed by atoms with Crippen molar-refractivity contribution in [3.8, 4) is 11.4 Å². The zero-order chi connectivity index (χ0) is 15.1. The molecule has 4 nitrogen and oxygen atoms in total. The molecule has 2 aromatic carbocycles. The van der Waals surface area contributed by atoms with Gasteiger partial charge in [-0.2, -0.15) is 0 Å². The Morgan fingerprint density at radius 2 is 1.90 bits per heavy atom. The summed E-state index contributed by atoms with van der Waals surface area (Å²) in [6, 6.07) is 7.86. The van der Waals surface area contributed by atoms with Crippen LogP contribution in [0.1, 0.15) is 21.5 Å². The van der Waals surface area contributed by atoms with Crippen LogP contribution < -0.4 is 0 Å². The first-order valence-corrected chi connectivity index (χ1v) is 6.46. The highest BCUT2D eigenvalue weighted by atomic mass is 19.1. The predicted octanol–water partition coefficient (Wildman–Crippen LogP) is 3.68. The Morgan fingerprint density at radius 3 is 2.62 bits per heavy atom. The quantitative estimate of drug-likeness (QED) is 0.754. The summed E-state index contributed by atoms with van der Waals surface area (Å²) in [5.74, 6) is -0.927. The molecule has 5 heteroatoms.